The molecule has 1 aromatic carbocycles. The van der Waals surface area contributed by atoms with Gasteiger partial charge in [-0.2, -0.15) is 5.10 Å². The van der Waals surface area contributed by atoms with Gasteiger partial charge in [0.1, 0.15) is 0 Å². The third-order valence-electron chi connectivity index (χ3n) is 2.72. The third-order valence-corrected chi connectivity index (χ3v) is 3.55. The molecule has 0 aliphatic rings. The van der Waals surface area contributed by atoms with Crippen LogP contribution in [0.25, 0.3) is 0 Å². The fraction of sp³-hybridized carbons (Fsp3) is 0.250. The molecule has 1 heterocycles. The first-order valence-electron chi connectivity index (χ1n) is 5.49. The monoisotopic (exact) mass is 328 g/mol. The highest BCUT2D eigenvalue weighted by atomic mass is 79.9. The number of nitrogens with one attached hydrogen (secondary N) is 1. The molecule has 96 valence electrons. The van der Waals surface area contributed by atoms with E-state index in [2.05, 4.69) is 26.5 Å². The van der Waals surface area contributed by atoms with Crippen molar-refractivity contribution in [2.24, 2.45) is 12.9 Å². The van der Waals surface area contributed by atoms with Crippen molar-refractivity contribution in [2.75, 3.05) is 0 Å². The van der Waals surface area contributed by atoms with Crippen molar-refractivity contribution in [1.82, 2.24) is 15.2 Å². The minimum Gasteiger partial charge on any atom is -0.276 e. The van der Waals surface area contributed by atoms with E-state index in [0.717, 1.165) is 15.7 Å². The van der Waals surface area contributed by atoms with Crippen LogP contribution in [0.2, 0.25) is 5.02 Å². The Bertz CT molecular complexity index is 541. The number of benzene rings is 1. The molecule has 18 heavy (non-hydrogen) atoms. The van der Waals surface area contributed by atoms with Crippen molar-refractivity contribution in [2.45, 2.75) is 12.5 Å². The Morgan fingerprint density at radius 1 is 1.50 bits per heavy atom. The maximum Gasteiger partial charge on any atom is 0.0643 e. The second-order valence-corrected chi connectivity index (χ2v) is 5.39. The van der Waals surface area contributed by atoms with Gasteiger partial charge in [-0.1, -0.05) is 27.5 Å². The van der Waals surface area contributed by atoms with Crippen LogP contribution in [0.1, 0.15) is 17.3 Å². The summed E-state index contributed by atoms with van der Waals surface area (Å²) in [6.45, 7) is 0. The van der Waals surface area contributed by atoms with Crippen LogP contribution in [-0.4, -0.2) is 9.78 Å². The zero-order chi connectivity index (χ0) is 13.1. The Hall–Kier alpha value is -0.880. The van der Waals surface area contributed by atoms with E-state index in [4.69, 9.17) is 17.4 Å². The molecule has 2 rings (SSSR count). The van der Waals surface area contributed by atoms with Gasteiger partial charge in [0.25, 0.3) is 0 Å². The van der Waals surface area contributed by atoms with Crippen LogP contribution in [0, 0.1) is 0 Å². The standard InChI is InChI=1S/C12H14BrClN4/c1-18-5-4-9(17-18)7-12(16-15)10-6-8(13)2-3-11(10)14/h2-6,12,16H,7,15H2,1H3. The summed E-state index contributed by atoms with van der Waals surface area (Å²) in [7, 11) is 1.89. The Balaban J connectivity index is 2.25. The summed E-state index contributed by atoms with van der Waals surface area (Å²) in [4.78, 5) is 0. The smallest absolute Gasteiger partial charge is 0.0643 e. The fourth-order valence-corrected chi connectivity index (χ4v) is 2.45. The molecule has 0 fully saturated rings. The summed E-state index contributed by atoms with van der Waals surface area (Å²) in [5, 5.41) is 5.03. The highest BCUT2D eigenvalue weighted by molar-refractivity contribution is 9.10. The number of nitrogens with two attached hydrogens (primary N) is 1. The number of hydrogen-bond donors (Lipinski definition) is 2. The molecule has 0 bridgehead atoms. The molecule has 0 saturated carbocycles. The first kappa shape index (κ1) is 13.5. The van der Waals surface area contributed by atoms with Crippen molar-refractivity contribution in [3.8, 4) is 0 Å². The van der Waals surface area contributed by atoms with Crippen molar-refractivity contribution >= 4 is 27.5 Å². The molecule has 0 amide bonds. The van der Waals surface area contributed by atoms with E-state index in [1.54, 1.807) is 4.68 Å². The SMILES string of the molecule is Cn1ccc(CC(NN)c2cc(Br)ccc2Cl)n1. The first-order valence-corrected chi connectivity index (χ1v) is 6.67. The molecule has 3 N–H and O–H groups in total. The normalized spacial score (nSPS) is 12.7. The van der Waals surface area contributed by atoms with Gasteiger partial charge in [-0.15, -0.1) is 0 Å². The minimum absolute atomic E-state index is 0.0649. The number of halogens is 2. The highest BCUT2D eigenvalue weighted by Gasteiger charge is 2.15. The largest absolute Gasteiger partial charge is 0.276 e. The van der Waals surface area contributed by atoms with Crippen LogP contribution < -0.4 is 11.3 Å². The van der Waals surface area contributed by atoms with Crippen LogP contribution in [-0.2, 0) is 13.5 Å². The number of hydrogen-bond acceptors (Lipinski definition) is 3. The summed E-state index contributed by atoms with van der Waals surface area (Å²) in [6.07, 6.45) is 2.60. The number of rotatable bonds is 4. The lowest BCUT2D eigenvalue weighted by molar-refractivity contribution is 0.541. The molecular formula is C12H14BrClN4. The van der Waals surface area contributed by atoms with Gasteiger partial charge < -0.3 is 0 Å². The molecule has 2 aromatic rings. The summed E-state index contributed by atoms with van der Waals surface area (Å²) in [5.74, 6) is 5.62. The number of nitrogens with zero attached hydrogens (tertiary/aromatic N) is 2. The van der Waals surface area contributed by atoms with Crippen LogP contribution in [0.15, 0.2) is 34.9 Å². The van der Waals surface area contributed by atoms with Crippen LogP contribution in [0.3, 0.4) is 0 Å². The van der Waals surface area contributed by atoms with Gasteiger partial charge in [0.05, 0.1) is 11.7 Å². The van der Waals surface area contributed by atoms with E-state index >= 15 is 0 Å². The van der Waals surface area contributed by atoms with E-state index in [-0.39, 0.29) is 6.04 Å². The maximum absolute atomic E-state index is 6.20. The van der Waals surface area contributed by atoms with Gasteiger partial charge >= 0.3 is 0 Å². The quantitative estimate of drug-likeness (QED) is 0.669. The average molecular weight is 330 g/mol. The fourth-order valence-electron chi connectivity index (χ4n) is 1.82. The van der Waals surface area contributed by atoms with Crippen molar-refractivity contribution < 1.29 is 0 Å². The minimum atomic E-state index is -0.0649. The lowest BCUT2D eigenvalue weighted by Gasteiger charge is -2.17. The van der Waals surface area contributed by atoms with Gasteiger partial charge in [0.15, 0.2) is 0 Å². The Morgan fingerprint density at radius 3 is 2.89 bits per heavy atom. The van der Waals surface area contributed by atoms with Crippen molar-refractivity contribution in [3.05, 3.63) is 51.2 Å². The molecule has 0 radical (unpaired) electrons. The predicted molar refractivity (Wildman–Crippen MR) is 76.1 cm³/mol. The van der Waals surface area contributed by atoms with Crippen molar-refractivity contribution in [3.63, 3.8) is 0 Å². The highest BCUT2D eigenvalue weighted by Crippen LogP contribution is 2.28. The molecule has 1 aromatic heterocycles. The Kier molecular flexibility index (Phi) is 4.40. The van der Waals surface area contributed by atoms with Crippen LogP contribution in [0.5, 0.6) is 0 Å². The van der Waals surface area contributed by atoms with Crippen molar-refractivity contribution in [1.29, 1.82) is 0 Å². The zero-order valence-corrected chi connectivity index (χ0v) is 12.2. The maximum atomic E-state index is 6.20. The Morgan fingerprint density at radius 2 is 2.28 bits per heavy atom. The van der Waals surface area contributed by atoms with E-state index < -0.39 is 0 Å². The van der Waals surface area contributed by atoms with E-state index in [0.29, 0.717) is 11.4 Å². The topological polar surface area (TPSA) is 55.9 Å². The molecular weight excluding hydrogens is 316 g/mol. The lowest BCUT2D eigenvalue weighted by atomic mass is 10.0. The summed E-state index contributed by atoms with van der Waals surface area (Å²) in [5.41, 5.74) is 4.72. The van der Waals surface area contributed by atoms with E-state index in [9.17, 15) is 0 Å². The molecule has 1 atom stereocenters. The zero-order valence-electron chi connectivity index (χ0n) is 9.90. The summed E-state index contributed by atoms with van der Waals surface area (Å²) < 4.78 is 2.74. The molecule has 0 saturated heterocycles. The second kappa shape index (κ2) is 5.84. The molecule has 0 spiro atoms. The van der Waals surface area contributed by atoms with Gasteiger partial charge in [0.2, 0.25) is 0 Å². The average Bonchev–Trinajstić information content (AvgIpc) is 2.75. The van der Waals surface area contributed by atoms with E-state index in [1.165, 1.54) is 0 Å². The molecule has 1 unspecified atom stereocenters. The molecule has 0 aliphatic carbocycles. The predicted octanol–water partition coefficient (Wildman–Crippen LogP) is 2.58. The molecule has 0 aliphatic heterocycles. The van der Waals surface area contributed by atoms with Gasteiger partial charge in [-0.05, 0) is 29.8 Å². The second-order valence-electron chi connectivity index (χ2n) is 4.07. The number of hydrazine groups is 1. The lowest BCUT2D eigenvalue weighted by Crippen LogP contribution is -2.30. The summed E-state index contributed by atoms with van der Waals surface area (Å²) >= 11 is 9.64. The van der Waals surface area contributed by atoms with Gasteiger partial charge in [-0.3, -0.25) is 16.0 Å². The van der Waals surface area contributed by atoms with Crippen LogP contribution in [0.4, 0.5) is 0 Å². The molecule has 4 nitrogen and oxygen atoms in total. The van der Waals surface area contributed by atoms with E-state index in [1.807, 2.05) is 37.5 Å². The van der Waals surface area contributed by atoms with Crippen LogP contribution >= 0.6 is 27.5 Å². The summed E-state index contributed by atoms with van der Waals surface area (Å²) in [6, 6.07) is 7.63. The number of aryl methyl sites for hydroxylation is 1. The third kappa shape index (κ3) is 3.11. The number of aromatic nitrogens is 2. The Labute approximate surface area is 119 Å². The van der Waals surface area contributed by atoms with Gasteiger partial charge in [0, 0.05) is 29.2 Å². The first-order chi connectivity index (χ1) is 8.60. The molecule has 6 heteroatoms. The van der Waals surface area contributed by atoms with Gasteiger partial charge in [-0.25, -0.2) is 0 Å².